The van der Waals surface area contributed by atoms with Crippen LogP contribution in [0.2, 0.25) is 0 Å². The minimum absolute atomic E-state index is 0.00963. The topological polar surface area (TPSA) is 83.7 Å². The second-order valence-corrected chi connectivity index (χ2v) is 7.87. The number of amides is 1. The third kappa shape index (κ3) is 5.33. The van der Waals surface area contributed by atoms with Crippen molar-refractivity contribution in [1.29, 1.82) is 0 Å². The van der Waals surface area contributed by atoms with Crippen LogP contribution in [0.5, 0.6) is 5.75 Å². The first kappa shape index (κ1) is 22.0. The number of anilines is 1. The predicted molar refractivity (Wildman–Crippen MR) is 122 cm³/mol. The number of carbonyl (C=O) groups is 1. The lowest BCUT2D eigenvalue weighted by atomic mass is 10.2. The summed E-state index contributed by atoms with van der Waals surface area (Å²) in [5, 5.41) is 7.07. The molecule has 1 amide bonds. The van der Waals surface area contributed by atoms with E-state index in [4.69, 9.17) is 9.26 Å². The van der Waals surface area contributed by atoms with E-state index in [0.717, 1.165) is 38.3 Å². The summed E-state index contributed by atoms with van der Waals surface area (Å²) in [6, 6.07) is 17.3. The molecule has 4 rings (SSSR count). The molecule has 0 saturated carbocycles. The average Bonchev–Trinajstić information content (AvgIpc) is 3.34. The summed E-state index contributed by atoms with van der Waals surface area (Å²) >= 11 is 0. The minimum atomic E-state index is -0.00963. The van der Waals surface area contributed by atoms with Crippen LogP contribution in [0.4, 0.5) is 5.69 Å². The van der Waals surface area contributed by atoms with Gasteiger partial charge in [0.05, 0.1) is 18.8 Å². The molecule has 1 unspecified atom stereocenters. The summed E-state index contributed by atoms with van der Waals surface area (Å²) in [5.41, 5.74) is 1.65. The zero-order valence-electron chi connectivity index (χ0n) is 18.5. The molecule has 1 N–H and O–H groups in total. The predicted octanol–water partition coefficient (Wildman–Crippen LogP) is 3.45. The van der Waals surface area contributed by atoms with Gasteiger partial charge < -0.3 is 19.5 Å². The number of piperazine rings is 1. The van der Waals surface area contributed by atoms with E-state index in [1.54, 1.807) is 7.11 Å². The Hall–Kier alpha value is -3.23. The first-order valence-corrected chi connectivity index (χ1v) is 10.9. The lowest BCUT2D eigenvalue weighted by Gasteiger charge is -2.36. The Balaban J connectivity index is 1.23. The summed E-state index contributed by atoms with van der Waals surface area (Å²) in [7, 11) is 1.60. The van der Waals surface area contributed by atoms with Gasteiger partial charge in [-0.25, -0.2) is 0 Å². The number of nitrogens with zero attached hydrogens (tertiary/aromatic N) is 4. The van der Waals surface area contributed by atoms with Gasteiger partial charge in [0.2, 0.25) is 17.6 Å². The fraction of sp³-hybridized carbons (Fsp3) is 0.375. The van der Waals surface area contributed by atoms with Crippen LogP contribution < -0.4 is 10.1 Å². The largest absolute Gasteiger partial charge is 0.495 e. The van der Waals surface area contributed by atoms with Crippen molar-refractivity contribution in [1.82, 2.24) is 19.9 Å². The molecule has 1 aliphatic heterocycles. The van der Waals surface area contributed by atoms with Gasteiger partial charge in [-0.3, -0.25) is 9.69 Å². The van der Waals surface area contributed by atoms with Crippen LogP contribution in [-0.4, -0.2) is 65.7 Å². The highest BCUT2D eigenvalue weighted by molar-refractivity contribution is 5.92. The van der Waals surface area contributed by atoms with Crippen LogP contribution in [0.3, 0.4) is 0 Å². The number of ether oxygens (including phenoxy) is 1. The number of hydrogen-bond donors (Lipinski definition) is 1. The smallest absolute Gasteiger partial charge is 0.244 e. The summed E-state index contributed by atoms with van der Waals surface area (Å²) in [6.07, 6.45) is 0.442. The first-order chi connectivity index (χ1) is 15.6. The van der Waals surface area contributed by atoms with Gasteiger partial charge in [-0.05, 0) is 19.1 Å². The van der Waals surface area contributed by atoms with Crippen LogP contribution in [0.25, 0.3) is 11.4 Å². The van der Waals surface area contributed by atoms with Gasteiger partial charge in [0.25, 0.3) is 0 Å². The molecule has 3 aromatic rings. The molecule has 168 valence electrons. The zero-order valence-corrected chi connectivity index (χ0v) is 18.5. The number of rotatable bonds is 8. The third-order valence-electron chi connectivity index (χ3n) is 5.82. The fourth-order valence-corrected chi connectivity index (χ4v) is 3.86. The van der Waals surface area contributed by atoms with Crippen LogP contribution in [0, 0.1) is 0 Å². The molecule has 2 heterocycles. The van der Waals surface area contributed by atoms with Crippen LogP contribution >= 0.6 is 0 Å². The van der Waals surface area contributed by atoms with Gasteiger partial charge in [-0.1, -0.05) is 47.6 Å². The number of carbonyl (C=O) groups excluding carboxylic acids is 1. The number of nitrogens with one attached hydrogen (secondary N) is 1. The van der Waals surface area contributed by atoms with Crippen molar-refractivity contribution < 1.29 is 14.1 Å². The molecule has 0 spiro atoms. The van der Waals surface area contributed by atoms with Gasteiger partial charge in [0.15, 0.2) is 0 Å². The lowest BCUT2D eigenvalue weighted by molar-refractivity contribution is -0.116. The maximum absolute atomic E-state index is 12.4. The van der Waals surface area contributed by atoms with E-state index in [9.17, 15) is 4.79 Å². The molecule has 1 atom stereocenters. The number of methoxy groups -OCH3 is 1. The molecule has 0 bridgehead atoms. The van der Waals surface area contributed by atoms with Gasteiger partial charge >= 0.3 is 0 Å². The van der Waals surface area contributed by atoms with Crippen molar-refractivity contribution >= 4 is 11.6 Å². The average molecular weight is 436 g/mol. The normalized spacial score (nSPS) is 15.9. The first-order valence-electron chi connectivity index (χ1n) is 10.9. The lowest BCUT2D eigenvalue weighted by Crippen LogP contribution is -2.47. The minimum Gasteiger partial charge on any atom is -0.495 e. The monoisotopic (exact) mass is 435 g/mol. The molecule has 2 aromatic carbocycles. The molecule has 8 nitrogen and oxygen atoms in total. The number of aromatic nitrogens is 2. The van der Waals surface area contributed by atoms with E-state index < -0.39 is 0 Å². The second-order valence-electron chi connectivity index (χ2n) is 7.87. The van der Waals surface area contributed by atoms with Crippen LogP contribution in [-0.2, 0) is 4.79 Å². The number of hydrogen-bond acceptors (Lipinski definition) is 7. The standard InChI is InChI=1S/C24H29N5O3/c1-18(24-26-23(27-32-24)19-8-4-3-5-9-19)29-16-14-28(15-17-29)13-12-22(30)25-20-10-6-7-11-21(20)31-2/h3-11,18H,12-17H2,1-2H3,(H,25,30). The van der Waals surface area contributed by atoms with E-state index in [1.807, 2.05) is 54.6 Å². The van der Waals surface area contributed by atoms with Crippen LogP contribution in [0.1, 0.15) is 25.3 Å². The van der Waals surface area contributed by atoms with E-state index >= 15 is 0 Å². The summed E-state index contributed by atoms with van der Waals surface area (Å²) < 4.78 is 10.8. The molecule has 32 heavy (non-hydrogen) atoms. The quantitative estimate of drug-likeness (QED) is 0.580. The maximum Gasteiger partial charge on any atom is 0.244 e. The highest BCUT2D eigenvalue weighted by atomic mass is 16.5. The number of benzene rings is 2. The van der Waals surface area contributed by atoms with Gasteiger partial charge in [-0.2, -0.15) is 4.98 Å². The van der Waals surface area contributed by atoms with Crippen molar-refractivity contribution in [2.45, 2.75) is 19.4 Å². The van der Waals surface area contributed by atoms with Crippen molar-refractivity contribution in [2.24, 2.45) is 0 Å². The second kappa shape index (κ2) is 10.4. The van der Waals surface area contributed by atoms with Crippen molar-refractivity contribution in [2.75, 3.05) is 45.2 Å². The van der Waals surface area contributed by atoms with Gasteiger partial charge in [0, 0.05) is 44.7 Å². The summed E-state index contributed by atoms with van der Waals surface area (Å²) in [6.45, 7) is 6.38. The zero-order chi connectivity index (χ0) is 22.3. The van der Waals surface area contributed by atoms with Crippen molar-refractivity contribution in [3.05, 3.63) is 60.5 Å². The highest BCUT2D eigenvalue weighted by Gasteiger charge is 2.26. The molecule has 1 saturated heterocycles. The Bertz CT molecular complexity index is 1020. The Kier molecular flexibility index (Phi) is 7.14. The van der Waals surface area contributed by atoms with Gasteiger partial charge in [0.1, 0.15) is 5.75 Å². The Labute approximate surface area is 188 Å². The Morgan fingerprint density at radius 3 is 2.56 bits per heavy atom. The SMILES string of the molecule is COc1ccccc1NC(=O)CCN1CCN(C(C)c2nc(-c3ccccc3)no2)CC1. The van der Waals surface area contributed by atoms with Gasteiger partial charge in [-0.15, -0.1) is 0 Å². The van der Waals surface area contributed by atoms with E-state index in [0.29, 0.717) is 29.6 Å². The molecule has 1 aromatic heterocycles. The third-order valence-corrected chi connectivity index (χ3v) is 5.82. The number of para-hydroxylation sites is 2. The molecular weight excluding hydrogens is 406 g/mol. The molecule has 1 aliphatic rings. The van der Waals surface area contributed by atoms with E-state index in [-0.39, 0.29) is 11.9 Å². The van der Waals surface area contributed by atoms with E-state index in [2.05, 4.69) is 32.2 Å². The van der Waals surface area contributed by atoms with E-state index in [1.165, 1.54) is 0 Å². The van der Waals surface area contributed by atoms with Crippen molar-refractivity contribution in [3.63, 3.8) is 0 Å². The van der Waals surface area contributed by atoms with Crippen LogP contribution in [0.15, 0.2) is 59.1 Å². The molecule has 0 radical (unpaired) electrons. The Morgan fingerprint density at radius 1 is 1.09 bits per heavy atom. The molecular formula is C24H29N5O3. The molecule has 8 heteroatoms. The Morgan fingerprint density at radius 2 is 1.81 bits per heavy atom. The van der Waals surface area contributed by atoms with Crippen molar-refractivity contribution in [3.8, 4) is 17.1 Å². The molecule has 0 aliphatic carbocycles. The fourth-order valence-electron chi connectivity index (χ4n) is 3.86. The molecule has 1 fully saturated rings. The highest BCUT2D eigenvalue weighted by Crippen LogP contribution is 2.24. The summed E-state index contributed by atoms with van der Waals surface area (Å²) in [4.78, 5) is 21.6. The maximum atomic E-state index is 12.4. The summed E-state index contributed by atoms with van der Waals surface area (Å²) in [5.74, 6) is 1.91.